The number of hydrogen-bond acceptors (Lipinski definition) is 5. The molecule has 2 heterocycles. The Morgan fingerprint density at radius 1 is 0.871 bits per heavy atom. The lowest BCUT2D eigenvalue weighted by molar-refractivity contribution is -0.123. The highest BCUT2D eigenvalue weighted by Crippen LogP contribution is 2.32. The molecule has 3 aromatic carbocycles. The van der Waals surface area contributed by atoms with Crippen LogP contribution in [0.1, 0.15) is 6.42 Å². The van der Waals surface area contributed by atoms with Gasteiger partial charge in [0.2, 0.25) is 5.91 Å². The lowest BCUT2D eigenvalue weighted by Gasteiger charge is -2.38. The van der Waals surface area contributed by atoms with E-state index in [1.807, 2.05) is 60.7 Å². The van der Waals surface area contributed by atoms with Gasteiger partial charge in [-0.25, -0.2) is 4.90 Å². The lowest BCUT2D eigenvalue weighted by Crippen LogP contribution is -2.52. The molecule has 31 heavy (non-hydrogen) atoms. The van der Waals surface area contributed by atoms with Crippen molar-refractivity contribution in [2.75, 3.05) is 43.1 Å². The predicted octanol–water partition coefficient (Wildman–Crippen LogP) is 3.30. The van der Waals surface area contributed by atoms with Gasteiger partial charge in [0, 0.05) is 43.3 Å². The molecule has 5 rings (SSSR count). The highest BCUT2D eigenvalue weighted by molar-refractivity contribution is 6.25. The number of anilines is 2. The molecule has 6 nitrogen and oxygen atoms in total. The van der Waals surface area contributed by atoms with Gasteiger partial charge >= 0.3 is 0 Å². The van der Waals surface area contributed by atoms with Crippen molar-refractivity contribution in [3.63, 3.8) is 0 Å². The number of rotatable bonds is 4. The first-order valence-corrected chi connectivity index (χ1v) is 10.6. The van der Waals surface area contributed by atoms with Crippen LogP contribution in [0.5, 0.6) is 5.75 Å². The van der Waals surface area contributed by atoms with Crippen LogP contribution < -0.4 is 14.5 Å². The number of ether oxygens (including phenoxy) is 1. The van der Waals surface area contributed by atoms with Crippen LogP contribution in [-0.4, -0.2) is 56.0 Å². The van der Waals surface area contributed by atoms with Crippen molar-refractivity contribution in [3.05, 3.63) is 66.7 Å². The quantitative estimate of drug-likeness (QED) is 0.612. The Bertz CT molecular complexity index is 1130. The van der Waals surface area contributed by atoms with Crippen molar-refractivity contribution in [2.24, 2.45) is 0 Å². The Kier molecular flexibility index (Phi) is 5.08. The number of carbonyl (C=O) groups excluding carboxylic acids is 2. The standard InChI is InChI=1S/C25H25N3O3/c1-31-20-9-5-8-19(16-20)26-12-14-27(15-13-26)23-17-24(29)28(25(23)30)22-11-4-7-18-6-2-3-10-21(18)22/h2-11,16,23H,12-15,17H2,1H3/t23-/m1/s1. The summed E-state index contributed by atoms with van der Waals surface area (Å²) in [6, 6.07) is 21.3. The zero-order valence-corrected chi connectivity index (χ0v) is 17.5. The van der Waals surface area contributed by atoms with Gasteiger partial charge in [0.15, 0.2) is 0 Å². The topological polar surface area (TPSA) is 53.1 Å². The third kappa shape index (κ3) is 3.53. The molecule has 2 aliphatic heterocycles. The van der Waals surface area contributed by atoms with E-state index in [4.69, 9.17) is 4.74 Å². The average molecular weight is 415 g/mol. The van der Waals surface area contributed by atoms with E-state index in [9.17, 15) is 9.59 Å². The van der Waals surface area contributed by atoms with Crippen LogP contribution in [0, 0.1) is 0 Å². The van der Waals surface area contributed by atoms with Crippen molar-refractivity contribution in [1.82, 2.24) is 4.90 Å². The number of amides is 2. The van der Waals surface area contributed by atoms with E-state index in [1.54, 1.807) is 7.11 Å². The Morgan fingerprint density at radius 3 is 2.42 bits per heavy atom. The summed E-state index contributed by atoms with van der Waals surface area (Å²) >= 11 is 0. The molecule has 0 saturated carbocycles. The van der Waals surface area contributed by atoms with Gasteiger partial charge in [-0.15, -0.1) is 0 Å². The number of benzene rings is 3. The fourth-order valence-electron chi connectivity index (χ4n) is 4.66. The maximum Gasteiger partial charge on any atom is 0.251 e. The number of fused-ring (bicyclic) bond motifs is 1. The molecule has 0 aromatic heterocycles. The van der Waals surface area contributed by atoms with Crippen molar-refractivity contribution < 1.29 is 14.3 Å². The van der Waals surface area contributed by atoms with E-state index < -0.39 is 0 Å². The van der Waals surface area contributed by atoms with Crippen LogP contribution >= 0.6 is 0 Å². The third-order valence-electron chi connectivity index (χ3n) is 6.30. The zero-order valence-electron chi connectivity index (χ0n) is 17.5. The molecule has 2 aliphatic rings. The molecule has 2 amide bonds. The normalized spacial score (nSPS) is 20.0. The molecular formula is C25H25N3O3. The summed E-state index contributed by atoms with van der Waals surface area (Å²) in [4.78, 5) is 32.1. The van der Waals surface area contributed by atoms with Gasteiger partial charge in [0.25, 0.3) is 5.91 Å². The number of hydrogen-bond donors (Lipinski definition) is 0. The summed E-state index contributed by atoms with van der Waals surface area (Å²) in [5, 5.41) is 1.95. The van der Waals surface area contributed by atoms with Gasteiger partial charge < -0.3 is 9.64 Å². The molecular weight excluding hydrogens is 390 g/mol. The van der Waals surface area contributed by atoms with Gasteiger partial charge in [-0.1, -0.05) is 42.5 Å². The fraction of sp³-hybridized carbons (Fsp3) is 0.280. The highest BCUT2D eigenvalue weighted by atomic mass is 16.5. The van der Waals surface area contributed by atoms with Crippen LogP contribution in [-0.2, 0) is 9.59 Å². The van der Waals surface area contributed by atoms with E-state index in [2.05, 4.69) is 15.9 Å². The van der Waals surface area contributed by atoms with E-state index >= 15 is 0 Å². The van der Waals surface area contributed by atoms with Crippen LogP contribution in [0.25, 0.3) is 10.8 Å². The number of piperazine rings is 1. The Labute approximate surface area is 181 Å². The maximum absolute atomic E-state index is 13.3. The minimum atomic E-state index is -0.390. The Hall–Kier alpha value is -3.38. The van der Waals surface area contributed by atoms with Crippen molar-refractivity contribution in [3.8, 4) is 5.75 Å². The number of methoxy groups -OCH3 is 1. The van der Waals surface area contributed by atoms with Crippen LogP contribution in [0.2, 0.25) is 0 Å². The minimum Gasteiger partial charge on any atom is -0.497 e. The molecule has 158 valence electrons. The first kappa shape index (κ1) is 19.6. The van der Waals surface area contributed by atoms with Gasteiger partial charge in [-0.05, 0) is 23.6 Å². The van der Waals surface area contributed by atoms with Gasteiger partial charge in [-0.3, -0.25) is 14.5 Å². The number of imide groups is 1. The molecule has 2 fully saturated rings. The number of nitrogens with zero attached hydrogens (tertiary/aromatic N) is 3. The monoisotopic (exact) mass is 415 g/mol. The summed E-state index contributed by atoms with van der Waals surface area (Å²) in [5.74, 6) is 0.597. The minimum absolute atomic E-state index is 0.115. The Balaban J connectivity index is 1.32. The van der Waals surface area contributed by atoms with Crippen LogP contribution in [0.15, 0.2) is 66.7 Å². The largest absolute Gasteiger partial charge is 0.497 e. The molecule has 0 aliphatic carbocycles. The fourth-order valence-corrected chi connectivity index (χ4v) is 4.66. The van der Waals surface area contributed by atoms with Crippen molar-refractivity contribution in [1.29, 1.82) is 0 Å². The number of carbonyl (C=O) groups is 2. The summed E-state index contributed by atoms with van der Waals surface area (Å²) in [5.41, 5.74) is 1.80. The second kappa shape index (κ2) is 8.04. The molecule has 1 atom stereocenters. The van der Waals surface area contributed by atoms with Crippen molar-refractivity contribution >= 4 is 34.0 Å². The van der Waals surface area contributed by atoms with Gasteiger partial charge in [0.1, 0.15) is 5.75 Å². The molecule has 3 aromatic rings. The summed E-state index contributed by atoms with van der Waals surface area (Å²) in [6.45, 7) is 3.09. The van der Waals surface area contributed by atoms with E-state index in [0.29, 0.717) is 5.69 Å². The zero-order chi connectivity index (χ0) is 21.4. The third-order valence-corrected chi connectivity index (χ3v) is 6.30. The lowest BCUT2D eigenvalue weighted by atomic mass is 10.1. The SMILES string of the molecule is COc1cccc(N2CCN([C@@H]3CC(=O)N(c4cccc5ccccc45)C3=O)CC2)c1. The van der Waals surface area contributed by atoms with E-state index in [1.165, 1.54) is 4.90 Å². The van der Waals surface area contributed by atoms with Crippen LogP contribution in [0.4, 0.5) is 11.4 Å². The van der Waals surface area contributed by atoms with Gasteiger partial charge in [0.05, 0.1) is 25.3 Å². The van der Waals surface area contributed by atoms with E-state index in [-0.39, 0.29) is 24.3 Å². The molecule has 6 heteroatoms. The molecule has 0 bridgehead atoms. The molecule has 0 spiro atoms. The first-order valence-electron chi connectivity index (χ1n) is 10.6. The average Bonchev–Trinajstić information content (AvgIpc) is 3.12. The summed E-state index contributed by atoms with van der Waals surface area (Å²) in [7, 11) is 1.67. The predicted molar refractivity (Wildman–Crippen MR) is 122 cm³/mol. The molecule has 0 N–H and O–H groups in total. The van der Waals surface area contributed by atoms with Gasteiger partial charge in [-0.2, -0.15) is 0 Å². The molecule has 0 radical (unpaired) electrons. The summed E-state index contributed by atoms with van der Waals surface area (Å²) < 4.78 is 5.33. The smallest absolute Gasteiger partial charge is 0.251 e. The first-order chi connectivity index (χ1) is 15.2. The van der Waals surface area contributed by atoms with Crippen LogP contribution in [0.3, 0.4) is 0 Å². The Morgan fingerprint density at radius 2 is 1.61 bits per heavy atom. The second-order valence-corrected chi connectivity index (χ2v) is 8.01. The van der Waals surface area contributed by atoms with Crippen molar-refractivity contribution in [2.45, 2.75) is 12.5 Å². The summed E-state index contributed by atoms with van der Waals surface area (Å²) in [6.07, 6.45) is 0.237. The highest BCUT2D eigenvalue weighted by Gasteiger charge is 2.43. The maximum atomic E-state index is 13.3. The molecule has 2 saturated heterocycles. The molecule has 0 unspecified atom stereocenters. The second-order valence-electron chi connectivity index (χ2n) is 8.01. The van der Waals surface area contributed by atoms with E-state index in [0.717, 1.165) is 48.4 Å².